The number of amides is 1. The minimum Gasteiger partial charge on any atom is -0.453 e. The minimum absolute atomic E-state index is 0.0915. The van der Waals surface area contributed by atoms with Gasteiger partial charge in [0.05, 0.1) is 32.1 Å². The van der Waals surface area contributed by atoms with E-state index in [9.17, 15) is 26.4 Å². The standard InChI is InChI=1S/C22H31F3N2O6S/c1-31-21(28)27-12-4-7-19(26-34(2,29)30)20(27)14-32-17-10-8-15(9-11-17)16-5-3-6-18(13-16)33-22(23,24)25/h3,5-6,13,15,17,19-20,26H,4,7-12,14H2,1-2H3/t15-,17+,19-,20-/m0/s1. The van der Waals surface area contributed by atoms with Gasteiger partial charge in [-0.15, -0.1) is 13.2 Å². The predicted octanol–water partition coefficient (Wildman–Crippen LogP) is 3.78. The average Bonchev–Trinajstić information content (AvgIpc) is 2.76. The smallest absolute Gasteiger partial charge is 0.453 e. The zero-order valence-corrected chi connectivity index (χ0v) is 20.0. The van der Waals surface area contributed by atoms with E-state index in [2.05, 4.69) is 9.46 Å². The predicted molar refractivity (Wildman–Crippen MR) is 118 cm³/mol. The van der Waals surface area contributed by atoms with Crippen molar-refractivity contribution in [1.29, 1.82) is 0 Å². The Labute approximate surface area is 197 Å². The van der Waals surface area contributed by atoms with E-state index in [1.807, 2.05) is 0 Å². The van der Waals surface area contributed by atoms with Crippen molar-refractivity contribution >= 4 is 16.1 Å². The van der Waals surface area contributed by atoms with Gasteiger partial charge in [0.15, 0.2) is 0 Å². The highest BCUT2D eigenvalue weighted by molar-refractivity contribution is 7.88. The second-order valence-electron chi connectivity index (χ2n) is 8.80. The fourth-order valence-corrected chi connectivity index (χ4v) is 5.61. The van der Waals surface area contributed by atoms with Gasteiger partial charge in [0.1, 0.15) is 5.75 Å². The number of alkyl halides is 3. The van der Waals surface area contributed by atoms with Crippen molar-refractivity contribution in [3.8, 4) is 5.75 Å². The third-order valence-electron chi connectivity index (χ3n) is 6.29. The molecular formula is C22H31F3N2O6S. The Morgan fingerprint density at radius 1 is 1.18 bits per heavy atom. The van der Waals surface area contributed by atoms with Crippen LogP contribution in [0.1, 0.15) is 50.0 Å². The Balaban J connectivity index is 1.58. The molecule has 8 nitrogen and oxygen atoms in total. The maximum absolute atomic E-state index is 12.5. The van der Waals surface area contributed by atoms with Crippen LogP contribution < -0.4 is 9.46 Å². The van der Waals surface area contributed by atoms with Crippen LogP contribution >= 0.6 is 0 Å². The molecule has 1 N–H and O–H groups in total. The summed E-state index contributed by atoms with van der Waals surface area (Å²) >= 11 is 0. The molecule has 1 saturated carbocycles. The minimum atomic E-state index is -4.73. The summed E-state index contributed by atoms with van der Waals surface area (Å²) in [5, 5.41) is 0. The monoisotopic (exact) mass is 508 g/mol. The van der Waals surface area contributed by atoms with Gasteiger partial charge in [-0.1, -0.05) is 12.1 Å². The number of hydrogen-bond donors (Lipinski definition) is 1. The van der Waals surface area contributed by atoms with E-state index in [0.717, 1.165) is 24.7 Å². The second kappa shape index (κ2) is 11.1. The van der Waals surface area contributed by atoms with Crippen LogP contribution in [0.25, 0.3) is 0 Å². The first-order chi connectivity index (χ1) is 15.9. The van der Waals surface area contributed by atoms with Crippen molar-refractivity contribution in [2.45, 2.75) is 69.0 Å². The van der Waals surface area contributed by atoms with Crippen molar-refractivity contribution in [3.05, 3.63) is 29.8 Å². The molecule has 2 atom stereocenters. The molecule has 1 aliphatic carbocycles. The molecule has 192 valence electrons. The molecule has 0 bridgehead atoms. The van der Waals surface area contributed by atoms with Crippen LogP contribution in [0.5, 0.6) is 5.75 Å². The highest BCUT2D eigenvalue weighted by Crippen LogP contribution is 2.36. The van der Waals surface area contributed by atoms with Crippen LogP contribution in [0.3, 0.4) is 0 Å². The molecular weight excluding hydrogens is 477 g/mol. The van der Waals surface area contributed by atoms with Gasteiger partial charge < -0.3 is 19.1 Å². The zero-order chi connectivity index (χ0) is 24.9. The van der Waals surface area contributed by atoms with Crippen LogP contribution in [0, 0.1) is 0 Å². The molecule has 0 aromatic heterocycles. The number of sulfonamides is 1. The number of benzene rings is 1. The second-order valence-corrected chi connectivity index (χ2v) is 10.6. The van der Waals surface area contributed by atoms with Gasteiger partial charge in [0, 0.05) is 12.6 Å². The number of likely N-dealkylation sites (tertiary alicyclic amines) is 1. The van der Waals surface area contributed by atoms with Crippen molar-refractivity contribution < 1.29 is 40.6 Å². The number of ether oxygens (including phenoxy) is 3. The number of halogens is 3. The van der Waals surface area contributed by atoms with E-state index in [1.54, 1.807) is 12.1 Å². The zero-order valence-electron chi connectivity index (χ0n) is 19.2. The normalized spacial score (nSPS) is 26.2. The molecule has 0 spiro atoms. The summed E-state index contributed by atoms with van der Waals surface area (Å²) in [5.41, 5.74) is 0.793. The van der Waals surface area contributed by atoms with Crippen molar-refractivity contribution in [1.82, 2.24) is 9.62 Å². The Hall–Kier alpha value is -2.05. The molecule has 1 aromatic rings. The first-order valence-electron chi connectivity index (χ1n) is 11.2. The topological polar surface area (TPSA) is 94.2 Å². The largest absolute Gasteiger partial charge is 0.573 e. The van der Waals surface area contributed by atoms with Gasteiger partial charge in [-0.2, -0.15) is 0 Å². The van der Waals surface area contributed by atoms with Crippen LogP contribution in [0.4, 0.5) is 18.0 Å². The summed E-state index contributed by atoms with van der Waals surface area (Å²) in [6.07, 6.45) is -0.187. The van der Waals surface area contributed by atoms with Gasteiger partial charge in [0.2, 0.25) is 10.0 Å². The average molecular weight is 509 g/mol. The molecule has 34 heavy (non-hydrogen) atoms. The summed E-state index contributed by atoms with van der Waals surface area (Å²) < 4.78 is 78.8. The first kappa shape index (κ1) is 26.6. The molecule has 0 radical (unpaired) electrons. The molecule has 0 unspecified atom stereocenters. The van der Waals surface area contributed by atoms with Gasteiger partial charge >= 0.3 is 12.5 Å². The van der Waals surface area contributed by atoms with Crippen molar-refractivity contribution in [2.75, 3.05) is 26.5 Å². The number of carbonyl (C=O) groups excluding carboxylic acids is 1. The first-order valence-corrected chi connectivity index (χ1v) is 13.1. The number of nitrogens with zero attached hydrogens (tertiary/aromatic N) is 1. The number of rotatable bonds is 7. The maximum Gasteiger partial charge on any atom is 0.573 e. The molecule has 1 saturated heterocycles. The number of hydrogen-bond acceptors (Lipinski definition) is 6. The summed E-state index contributed by atoms with van der Waals surface area (Å²) in [6.45, 7) is 0.609. The van der Waals surface area contributed by atoms with Gasteiger partial charge in [-0.3, -0.25) is 0 Å². The van der Waals surface area contributed by atoms with E-state index in [-0.39, 0.29) is 24.4 Å². The third-order valence-corrected chi connectivity index (χ3v) is 7.02. The lowest BCUT2D eigenvalue weighted by Crippen LogP contribution is -2.59. The van der Waals surface area contributed by atoms with E-state index < -0.39 is 34.6 Å². The van der Waals surface area contributed by atoms with Crippen LogP contribution in [-0.4, -0.2) is 70.5 Å². The Kier molecular flexibility index (Phi) is 8.69. The van der Waals surface area contributed by atoms with Crippen LogP contribution in [0.2, 0.25) is 0 Å². The third kappa shape index (κ3) is 7.74. The summed E-state index contributed by atoms with van der Waals surface area (Å²) in [6, 6.07) is 5.09. The van der Waals surface area contributed by atoms with Crippen molar-refractivity contribution in [3.63, 3.8) is 0 Å². The summed E-state index contributed by atoms with van der Waals surface area (Å²) in [4.78, 5) is 13.7. The lowest BCUT2D eigenvalue weighted by molar-refractivity contribution is -0.274. The highest BCUT2D eigenvalue weighted by Gasteiger charge is 2.37. The Morgan fingerprint density at radius 2 is 1.88 bits per heavy atom. The lowest BCUT2D eigenvalue weighted by atomic mass is 9.82. The molecule has 1 aromatic carbocycles. The van der Waals surface area contributed by atoms with Gasteiger partial charge in [-0.05, 0) is 62.1 Å². The van der Waals surface area contributed by atoms with Crippen LogP contribution in [-0.2, 0) is 19.5 Å². The van der Waals surface area contributed by atoms with Gasteiger partial charge in [0.25, 0.3) is 0 Å². The molecule has 1 amide bonds. The van der Waals surface area contributed by atoms with E-state index in [4.69, 9.17) is 9.47 Å². The Bertz CT molecular complexity index is 935. The molecule has 2 fully saturated rings. The molecule has 1 aliphatic heterocycles. The lowest BCUT2D eigenvalue weighted by Gasteiger charge is -2.41. The fraction of sp³-hybridized carbons (Fsp3) is 0.682. The molecule has 12 heteroatoms. The number of piperidine rings is 1. The molecule has 3 rings (SSSR count). The molecule has 2 aliphatic rings. The van der Waals surface area contributed by atoms with E-state index in [0.29, 0.717) is 32.2 Å². The SMILES string of the molecule is COC(=O)N1CCC[C@H](NS(C)(=O)=O)[C@@H]1CO[C@H]1CC[C@@H](c2cccc(OC(F)(F)F)c2)CC1. The number of methoxy groups -OCH3 is 1. The molecule has 1 heterocycles. The summed E-state index contributed by atoms with van der Waals surface area (Å²) in [7, 11) is -2.19. The quantitative estimate of drug-likeness (QED) is 0.603. The van der Waals surface area contributed by atoms with Gasteiger partial charge in [-0.25, -0.2) is 17.9 Å². The van der Waals surface area contributed by atoms with Crippen LogP contribution in [0.15, 0.2) is 24.3 Å². The Morgan fingerprint density at radius 3 is 2.50 bits per heavy atom. The van der Waals surface area contributed by atoms with E-state index >= 15 is 0 Å². The number of carbonyl (C=O) groups is 1. The van der Waals surface area contributed by atoms with E-state index in [1.165, 1.54) is 24.1 Å². The maximum atomic E-state index is 12.5. The fourth-order valence-electron chi connectivity index (χ4n) is 4.78. The number of nitrogens with one attached hydrogen (secondary N) is 1. The summed E-state index contributed by atoms with van der Waals surface area (Å²) in [5.74, 6) is -0.134. The van der Waals surface area contributed by atoms with Crippen molar-refractivity contribution in [2.24, 2.45) is 0 Å². The highest BCUT2D eigenvalue weighted by atomic mass is 32.2.